The van der Waals surface area contributed by atoms with Crippen molar-refractivity contribution in [3.63, 3.8) is 0 Å². The molecule has 1 aliphatic heterocycles. The maximum Gasteiger partial charge on any atom is 0.314 e. The Balaban J connectivity index is 1.54. The Kier molecular flexibility index (Phi) is 8.29. The minimum atomic E-state index is -0.179. The number of urea groups is 1. The first kappa shape index (κ1) is 19.5. The smallest absolute Gasteiger partial charge is 0.314 e. The number of rotatable bonds is 7. The van der Waals surface area contributed by atoms with Crippen LogP contribution in [0, 0.1) is 11.8 Å². The van der Waals surface area contributed by atoms with E-state index in [1.165, 1.54) is 0 Å². The molecule has 1 heterocycles. The Bertz CT molecular complexity index is 372. The van der Waals surface area contributed by atoms with Crippen LogP contribution in [0.2, 0.25) is 0 Å². The summed E-state index contributed by atoms with van der Waals surface area (Å²) in [6.07, 6.45) is 3.73. The van der Waals surface area contributed by atoms with Gasteiger partial charge < -0.3 is 25.5 Å². The first-order chi connectivity index (χ1) is 11.6. The minimum Gasteiger partial charge on any atom is -0.393 e. The third kappa shape index (κ3) is 6.95. The Morgan fingerprint density at radius 3 is 2.54 bits per heavy atom. The number of amides is 2. The Morgan fingerprint density at radius 2 is 1.88 bits per heavy atom. The fourth-order valence-electron chi connectivity index (χ4n) is 3.81. The van der Waals surface area contributed by atoms with Gasteiger partial charge in [-0.15, -0.1) is 0 Å². The number of carbonyl (C=O) groups is 1. The van der Waals surface area contributed by atoms with Gasteiger partial charge in [0.15, 0.2) is 0 Å². The molecule has 2 amide bonds. The van der Waals surface area contributed by atoms with E-state index in [1.54, 1.807) is 0 Å². The Morgan fingerprint density at radius 1 is 1.17 bits per heavy atom. The summed E-state index contributed by atoms with van der Waals surface area (Å²) in [4.78, 5) is 16.9. The van der Waals surface area contributed by atoms with Crippen LogP contribution in [-0.2, 0) is 0 Å². The van der Waals surface area contributed by atoms with E-state index in [9.17, 15) is 9.90 Å². The molecule has 24 heavy (non-hydrogen) atoms. The topological polar surface area (TPSA) is 67.8 Å². The predicted molar refractivity (Wildman–Crippen MR) is 97.1 cm³/mol. The summed E-state index contributed by atoms with van der Waals surface area (Å²) in [6, 6.07) is -0.0716. The molecule has 3 N–H and O–H groups in total. The maximum absolute atomic E-state index is 11.9. The molecule has 0 aromatic rings. The second-order valence-corrected chi connectivity index (χ2v) is 7.62. The average molecular weight is 341 g/mol. The van der Waals surface area contributed by atoms with Crippen LogP contribution >= 0.6 is 0 Å². The van der Waals surface area contributed by atoms with E-state index < -0.39 is 0 Å². The van der Waals surface area contributed by atoms with Crippen LogP contribution in [0.15, 0.2) is 0 Å². The van der Waals surface area contributed by atoms with Crippen LogP contribution in [0.4, 0.5) is 4.79 Å². The summed E-state index contributed by atoms with van der Waals surface area (Å²) in [6.45, 7) is 12.6. The summed E-state index contributed by atoms with van der Waals surface area (Å²) < 4.78 is 0. The zero-order chi connectivity index (χ0) is 17.4. The number of likely N-dealkylation sites (N-methyl/N-ethyl adjacent to an activating group) is 1. The molecule has 1 saturated carbocycles. The van der Waals surface area contributed by atoms with Crippen molar-refractivity contribution in [2.24, 2.45) is 11.8 Å². The number of hydrogen-bond acceptors (Lipinski definition) is 4. The highest BCUT2D eigenvalue weighted by atomic mass is 16.3. The number of carbonyl (C=O) groups excluding carboxylic acids is 1. The van der Waals surface area contributed by atoms with E-state index in [1.807, 2.05) is 0 Å². The molecule has 6 heteroatoms. The van der Waals surface area contributed by atoms with Gasteiger partial charge in [0.1, 0.15) is 0 Å². The van der Waals surface area contributed by atoms with Crippen molar-refractivity contribution in [1.82, 2.24) is 20.4 Å². The maximum atomic E-state index is 11.9. The summed E-state index contributed by atoms with van der Waals surface area (Å²) in [7, 11) is 0. The fourth-order valence-corrected chi connectivity index (χ4v) is 3.81. The summed E-state index contributed by atoms with van der Waals surface area (Å²) in [5.74, 6) is 0.882. The molecule has 140 valence electrons. The lowest BCUT2D eigenvalue weighted by Gasteiger charge is -2.35. The van der Waals surface area contributed by atoms with Gasteiger partial charge in [0.05, 0.1) is 6.10 Å². The van der Waals surface area contributed by atoms with E-state index in [0.29, 0.717) is 24.9 Å². The van der Waals surface area contributed by atoms with Gasteiger partial charge in [-0.3, -0.25) is 0 Å². The Labute approximate surface area is 147 Å². The van der Waals surface area contributed by atoms with E-state index in [-0.39, 0.29) is 12.1 Å². The van der Waals surface area contributed by atoms with Gasteiger partial charge in [-0.2, -0.15) is 0 Å². The zero-order valence-electron chi connectivity index (χ0n) is 15.5. The molecule has 2 aliphatic rings. The quantitative estimate of drug-likeness (QED) is 0.649. The first-order valence-corrected chi connectivity index (χ1v) is 9.71. The first-order valence-electron chi connectivity index (χ1n) is 9.71. The molecule has 2 fully saturated rings. The van der Waals surface area contributed by atoms with Crippen molar-refractivity contribution in [1.29, 1.82) is 0 Å². The van der Waals surface area contributed by atoms with E-state index in [2.05, 4.69) is 34.3 Å². The molecular weight excluding hydrogens is 304 g/mol. The van der Waals surface area contributed by atoms with Crippen LogP contribution in [0.1, 0.15) is 39.5 Å². The fraction of sp³-hybridized carbons (Fsp3) is 0.944. The molecule has 0 bridgehead atoms. The lowest BCUT2D eigenvalue weighted by molar-refractivity contribution is 0.101. The molecule has 0 spiro atoms. The lowest BCUT2D eigenvalue weighted by atomic mass is 9.87. The molecule has 1 aliphatic carbocycles. The second kappa shape index (κ2) is 10.2. The van der Waals surface area contributed by atoms with Crippen molar-refractivity contribution in [3.8, 4) is 0 Å². The Hall–Kier alpha value is -0.850. The standard InChI is InChI=1S/C18H36N4O2/c1-3-21-7-9-22(10-8-21)14-15(2)12-19-18(24)20-13-16-5-4-6-17(23)11-16/h15-17,23H,3-14H2,1-2H3,(H2,19,20,24). The number of nitrogens with one attached hydrogen (secondary N) is 2. The molecule has 0 aromatic carbocycles. The number of nitrogens with zero attached hydrogens (tertiary/aromatic N) is 2. The lowest BCUT2D eigenvalue weighted by Crippen LogP contribution is -2.48. The number of aliphatic hydroxyl groups is 1. The SMILES string of the molecule is CCN1CCN(CC(C)CNC(=O)NCC2CCCC(O)C2)CC1. The summed E-state index contributed by atoms with van der Waals surface area (Å²) >= 11 is 0. The van der Waals surface area contributed by atoms with Crippen LogP contribution in [0.5, 0.6) is 0 Å². The largest absolute Gasteiger partial charge is 0.393 e. The van der Waals surface area contributed by atoms with Crippen LogP contribution < -0.4 is 10.6 Å². The number of hydrogen-bond donors (Lipinski definition) is 3. The molecule has 0 radical (unpaired) electrons. The van der Waals surface area contributed by atoms with Crippen molar-refractivity contribution in [2.75, 3.05) is 52.4 Å². The third-order valence-electron chi connectivity index (χ3n) is 5.40. The molecule has 6 nitrogen and oxygen atoms in total. The van der Waals surface area contributed by atoms with Crippen molar-refractivity contribution in [2.45, 2.75) is 45.6 Å². The highest BCUT2D eigenvalue weighted by molar-refractivity contribution is 5.73. The molecule has 0 aromatic heterocycles. The van der Waals surface area contributed by atoms with Crippen molar-refractivity contribution in [3.05, 3.63) is 0 Å². The van der Waals surface area contributed by atoms with E-state index in [4.69, 9.17) is 0 Å². The van der Waals surface area contributed by atoms with Gasteiger partial charge in [0.2, 0.25) is 0 Å². The summed E-state index contributed by atoms with van der Waals surface area (Å²) in [5, 5.41) is 15.6. The average Bonchev–Trinajstić information content (AvgIpc) is 2.59. The van der Waals surface area contributed by atoms with Gasteiger partial charge in [-0.05, 0) is 37.6 Å². The van der Waals surface area contributed by atoms with Gasteiger partial charge in [0.25, 0.3) is 0 Å². The normalized spacial score (nSPS) is 27.6. The van der Waals surface area contributed by atoms with Crippen LogP contribution in [0.3, 0.4) is 0 Å². The minimum absolute atomic E-state index is 0.0716. The van der Waals surface area contributed by atoms with E-state index in [0.717, 1.165) is 65.0 Å². The third-order valence-corrected chi connectivity index (χ3v) is 5.40. The summed E-state index contributed by atoms with van der Waals surface area (Å²) in [5.41, 5.74) is 0. The van der Waals surface area contributed by atoms with Crippen molar-refractivity contribution < 1.29 is 9.90 Å². The van der Waals surface area contributed by atoms with Crippen LogP contribution in [0.25, 0.3) is 0 Å². The molecule has 3 atom stereocenters. The molecular formula is C18H36N4O2. The number of piperazine rings is 1. The van der Waals surface area contributed by atoms with E-state index >= 15 is 0 Å². The van der Waals surface area contributed by atoms with Gasteiger partial charge in [-0.1, -0.05) is 20.3 Å². The van der Waals surface area contributed by atoms with Gasteiger partial charge in [0, 0.05) is 45.8 Å². The van der Waals surface area contributed by atoms with Gasteiger partial charge in [-0.25, -0.2) is 4.79 Å². The molecule has 3 unspecified atom stereocenters. The van der Waals surface area contributed by atoms with Crippen LogP contribution in [-0.4, -0.2) is 79.4 Å². The second-order valence-electron chi connectivity index (χ2n) is 7.62. The predicted octanol–water partition coefficient (Wildman–Crippen LogP) is 1.11. The van der Waals surface area contributed by atoms with Gasteiger partial charge >= 0.3 is 6.03 Å². The monoisotopic (exact) mass is 340 g/mol. The number of aliphatic hydroxyl groups excluding tert-OH is 1. The highest BCUT2D eigenvalue weighted by Gasteiger charge is 2.21. The molecule has 1 saturated heterocycles. The highest BCUT2D eigenvalue weighted by Crippen LogP contribution is 2.23. The zero-order valence-corrected chi connectivity index (χ0v) is 15.5. The molecule has 2 rings (SSSR count). The van der Waals surface area contributed by atoms with Crippen molar-refractivity contribution >= 4 is 6.03 Å².